The van der Waals surface area contributed by atoms with Crippen LogP contribution in [0.15, 0.2) is 59.0 Å². The van der Waals surface area contributed by atoms with Crippen LogP contribution in [0.25, 0.3) is 43.7 Å². The molecule has 134 valence electrons. The maximum absolute atomic E-state index is 6.33. The van der Waals surface area contributed by atoms with Gasteiger partial charge in [0.25, 0.3) is 0 Å². The van der Waals surface area contributed by atoms with E-state index in [0.717, 1.165) is 11.2 Å². The van der Waals surface area contributed by atoms with E-state index in [-0.39, 0.29) is 0 Å². The molecule has 0 amide bonds. The fourth-order valence-corrected chi connectivity index (χ4v) is 5.36. The zero-order valence-corrected chi connectivity index (χ0v) is 15.7. The van der Waals surface area contributed by atoms with Crippen LogP contribution in [0, 0.1) is 0 Å². The van der Waals surface area contributed by atoms with Gasteiger partial charge in [0.1, 0.15) is 11.2 Å². The van der Waals surface area contributed by atoms with Crippen molar-refractivity contribution in [3.8, 4) is 0 Å². The van der Waals surface area contributed by atoms with Gasteiger partial charge in [0, 0.05) is 40.2 Å². The summed E-state index contributed by atoms with van der Waals surface area (Å²) >= 11 is 0. The van der Waals surface area contributed by atoms with E-state index in [2.05, 4.69) is 66.2 Å². The molecule has 1 saturated carbocycles. The van der Waals surface area contributed by atoms with Crippen LogP contribution >= 0.6 is 0 Å². The summed E-state index contributed by atoms with van der Waals surface area (Å²) in [5.41, 5.74) is 6.17. The van der Waals surface area contributed by atoms with E-state index < -0.39 is 0 Å². The van der Waals surface area contributed by atoms with Crippen molar-refractivity contribution >= 4 is 43.7 Å². The number of benzene rings is 3. The highest BCUT2D eigenvalue weighted by atomic mass is 16.3. The second-order valence-corrected chi connectivity index (χ2v) is 8.07. The number of furan rings is 1. The molecule has 1 aliphatic carbocycles. The monoisotopic (exact) mass is 353 g/mol. The number of fused-ring (bicyclic) bond motifs is 6. The number of aromatic nitrogens is 1. The number of aryl methyl sites for hydroxylation is 1. The lowest BCUT2D eigenvalue weighted by Crippen LogP contribution is -2.05. The van der Waals surface area contributed by atoms with Crippen molar-refractivity contribution < 1.29 is 4.42 Å². The Labute approximate surface area is 158 Å². The Bertz CT molecular complexity index is 1310. The Morgan fingerprint density at radius 3 is 2.37 bits per heavy atom. The normalized spacial score (nSPS) is 16.2. The Balaban J connectivity index is 1.87. The average molecular weight is 353 g/mol. The van der Waals surface area contributed by atoms with E-state index >= 15 is 0 Å². The van der Waals surface area contributed by atoms with Gasteiger partial charge in [-0.1, -0.05) is 55.7 Å². The number of hydrogen-bond acceptors (Lipinski definition) is 1. The first-order valence-corrected chi connectivity index (χ1v) is 10.1. The highest BCUT2D eigenvalue weighted by Gasteiger charge is 2.26. The molecule has 27 heavy (non-hydrogen) atoms. The van der Waals surface area contributed by atoms with E-state index in [0.29, 0.717) is 5.92 Å². The van der Waals surface area contributed by atoms with Gasteiger partial charge in [-0.15, -0.1) is 0 Å². The summed E-state index contributed by atoms with van der Waals surface area (Å²) in [6.45, 7) is 0. The summed E-state index contributed by atoms with van der Waals surface area (Å²) in [7, 11) is 2.18. The molecule has 0 bridgehead atoms. The first kappa shape index (κ1) is 15.3. The number of rotatable bonds is 1. The predicted molar refractivity (Wildman–Crippen MR) is 114 cm³/mol. The van der Waals surface area contributed by atoms with Crippen LogP contribution in [-0.4, -0.2) is 4.57 Å². The van der Waals surface area contributed by atoms with E-state index in [1.54, 1.807) is 0 Å². The minimum Gasteiger partial charge on any atom is -0.456 e. The molecule has 2 nitrogen and oxygen atoms in total. The maximum Gasteiger partial charge on any atom is 0.137 e. The highest BCUT2D eigenvalue weighted by Crippen LogP contribution is 2.46. The summed E-state index contributed by atoms with van der Waals surface area (Å²) in [6, 6.07) is 19.6. The summed E-state index contributed by atoms with van der Waals surface area (Å²) in [5.74, 6) is 0.622. The molecule has 5 aromatic rings. The first-order valence-electron chi connectivity index (χ1n) is 10.1. The van der Waals surface area contributed by atoms with Crippen LogP contribution in [0.1, 0.15) is 43.6 Å². The second kappa shape index (κ2) is 5.63. The zero-order chi connectivity index (χ0) is 18.0. The molecule has 0 radical (unpaired) electrons. The lowest BCUT2D eigenvalue weighted by Gasteiger charge is -2.24. The van der Waals surface area contributed by atoms with Gasteiger partial charge in [0.15, 0.2) is 0 Å². The largest absolute Gasteiger partial charge is 0.456 e. The van der Waals surface area contributed by atoms with Crippen LogP contribution in [0.5, 0.6) is 0 Å². The minimum absolute atomic E-state index is 0.622. The predicted octanol–water partition coefficient (Wildman–Crippen LogP) is 7.28. The van der Waals surface area contributed by atoms with Crippen LogP contribution in [0.2, 0.25) is 0 Å². The van der Waals surface area contributed by atoms with Crippen molar-refractivity contribution in [1.29, 1.82) is 0 Å². The fourth-order valence-electron chi connectivity index (χ4n) is 5.36. The molecule has 0 aliphatic heterocycles. The van der Waals surface area contributed by atoms with Crippen LogP contribution in [0.4, 0.5) is 0 Å². The molecule has 0 saturated heterocycles. The second-order valence-electron chi connectivity index (χ2n) is 8.07. The molecule has 3 aromatic carbocycles. The summed E-state index contributed by atoms with van der Waals surface area (Å²) < 4.78 is 8.67. The van der Waals surface area contributed by atoms with Gasteiger partial charge in [-0.2, -0.15) is 0 Å². The Kier molecular flexibility index (Phi) is 3.19. The number of hydrogen-bond donors (Lipinski definition) is 0. The Hall–Kier alpha value is -2.74. The van der Waals surface area contributed by atoms with Crippen molar-refractivity contribution in [3.63, 3.8) is 0 Å². The molecule has 0 atom stereocenters. The molecule has 2 heteroatoms. The quantitative estimate of drug-likeness (QED) is 0.310. The van der Waals surface area contributed by atoms with E-state index in [1.165, 1.54) is 70.2 Å². The maximum atomic E-state index is 6.33. The third kappa shape index (κ3) is 2.07. The highest BCUT2D eigenvalue weighted by molar-refractivity contribution is 6.19. The average Bonchev–Trinajstić information content (AvgIpc) is 3.23. The lowest BCUT2D eigenvalue weighted by molar-refractivity contribution is 0.447. The number of nitrogens with zero attached hydrogens (tertiary/aromatic N) is 1. The summed E-state index contributed by atoms with van der Waals surface area (Å²) in [4.78, 5) is 0. The fraction of sp³-hybridized carbons (Fsp3) is 0.280. The molecule has 1 aliphatic rings. The molecule has 2 aromatic heterocycles. The van der Waals surface area contributed by atoms with Crippen LogP contribution < -0.4 is 0 Å². The molecule has 0 unspecified atom stereocenters. The molecule has 1 fully saturated rings. The molecule has 0 N–H and O–H groups in total. The van der Waals surface area contributed by atoms with E-state index in [9.17, 15) is 0 Å². The molecular weight excluding hydrogens is 330 g/mol. The summed E-state index contributed by atoms with van der Waals surface area (Å²) in [5, 5.41) is 5.44. The van der Waals surface area contributed by atoms with Gasteiger partial charge >= 0.3 is 0 Å². The standard InChI is InChI=1S/C25H23NO/c1-26-19-13-7-5-11-17(19)24-20(26)15-22-25(18-12-6-8-14-21(18)27-22)23(24)16-9-3-2-4-10-16/h5-8,11-16H,2-4,9-10H2,1H3. The van der Waals surface area contributed by atoms with Crippen molar-refractivity contribution in [3.05, 3.63) is 60.2 Å². The molecular formula is C25H23NO. The van der Waals surface area contributed by atoms with Crippen molar-refractivity contribution in [1.82, 2.24) is 4.57 Å². The lowest BCUT2D eigenvalue weighted by atomic mass is 9.80. The topological polar surface area (TPSA) is 18.1 Å². The van der Waals surface area contributed by atoms with E-state index in [1.807, 2.05) is 0 Å². The minimum atomic E-state index is 0.622. The van der Waals surface area contributed by atoms with Gasteiger partial charge in [-0.05, 0) is 36.5 Å². The SMILES string of the molecule is Cn1c2ccccc2c2c(C3CCCCC3)c3c(cc21)oc1ccccc13. The summed E-state index contributed by atoms with van der Waals surface area (Å²) in [6.07, 6.45) is 6.62. The van der Waals surface area contributed by atoms with E-state index in [4.69, 9.17) is 4.42 Å². The van der Waals surface area contributed by atoms with Crippen molar-refractivity contribution in [2.75, 3.05) is 0 Å². The van der Waals surface area contributed by atoms with Gasteiger partial charge in [0.2, 0.25) is 0 Å². The Morgan fingerprint density at radius 1 is 0.778 bits per heavy atom. The number of para-hydroxylation sites is 2. The van der Waals surface area contributed by atoms with Gasteiger partial charge in [-0.3, -0.25) is 0 Å². The molecule has 6 rings (SSSR count). The third-order valence-electron chi connectivity index (χ3n) is 6.59. The van der Waals surface area contributed by atoms with Crippen molar-refractivity contribution in [2.45, 2.75) is 38.0 Å². The van der Waals surface area contributed by atoms with Crippen LogP contribution in [0.3, 0.4) is 0 Å². The van der Waals surface area contributed by atoms with Crippen molar-refractivity contribution in [2.24, 2.45) is 7.05 Å². The third-order valence-corrected chi connectivity index (χ3v) is 6.59. The Morgan fingerprint density at radius 2 is 1.52 bits per heavy atom. The molecule has 2 heterocycles. The van der Waals surface area contributed by atoms with Gasteiger partial charge < -0.3 is 8.98 Å². The van der Waals surface area contributed by atoms with Gasteiger partial charge in [-0.25, -0.2) is 0 Å². The smallest absolute Gasteiger partial charge is 0.137 e. The molecule has 0 spiro atoms. The zero-order valence-electron chi connectivity index (χ0n) is 15.7. The first-order chi connectivity index (χ1) is 13.3. The van der Waals surface area contributed by atoms with Gasteiger partial charge in [0.05, 0.1) is 5.52 Å². The van der Waals surface area contributed by atoms with Crippen LogP contribution in [-0.2, 0) is 7.05 Å².